The molecule has 4 heteroatoms. The first-order valence-electron chi connectivity index (χ1n) is 7.48. The summed E-state index contributed by atoms with van der Waals surface area (Å²) < 4.78 is 11.0. The lowest BCUT2D eigenvalue weighted by molar-refractivity contribution is 0.0992. The molecule has 0 bridgehead atoms. The molecule has 0 atom stereocenters. The smallest absolute Gasteiger partial charge is 0.291 e. The Balaban J connectivity index is 2.00. The normalized spacial score (nSPS) is 10.9. The average molecular weight is 309 g/mol. The minimum absolute atomic E-state index is 0.262. The van der Waals surface area contributed by atoms with Crippen LogP contribution in [0.3, 0.4) is 0 Å². The number of carbonyl (C=O) groups excluding carboxylic acids is 1. The quantitative estimate of drug-likeness (QED) is 0.774. The number of fused-ring (bicyclic) bond motifs is 1. The third-order valence-electron chi connectivity index (χ3n) is 4.05. The van der Waals surface area contributed by atoms with Gasteiger partial charge in [-0.3, -0.25) is 4.79 Å². The maximum absolute atomic E-state index is 12.7. The Morgan fingerprint density at radius 2 is 1.91 bits per heavy atom. The van der Waals surface area contributed by atoms with Crippen LogP contribution in [0.5, 0.6) is 0 Å². The molecule has 1 amide bonds. The summed E-state index contributed by atoms with van der Waals surface area (Å²) in [5, 5.41) is 3.84. The maximum atomic E-state index is 12.7. The predicted octanol–water partition coefficient (Wildman–Crippen LogP) is 4.45. The zero-order chi connectivity index (χ0) is 16.4. The summed E-state index contributed by atoms with van der Waals surface area (Å²) in [6.45, 7) is 4.33. The minimum atomic E-state index is -0.262. The summed E-state index contributed by atoms with van der Waals surface area (Å²) in [6, 6.07) is 13.4. The number of furan rings is 1. The lowest BCUT2D eigenvalue weighted by atomic mass is 10.1. The van der Waals surface area contributed by atoms with E-state index in [-0.39, 0.29) is 5.91 Å². The number of methoxy groups -OCH3 is 1. The maximum Gasteiger partial charge on any atom is 0.291 e. The van der Waals surface area contributed by atoms with E-state index in [4.69, 9.17) is 9.15 Å². The molecule has 1 heterocycles. The molecule has 0 saturated heterocycles. The molecular formula is C19H19NO3. The number of benzene rings is 2. The van der Waals surface area contributed by atoms with Crippen molar-refractivity contribution in [3.63, 3.8) is 0 Å². The van der Waals surface area contributed by atoms with E-state index >= 15 is 0 Å². The number of aryl methyl sites for hydroxylation is 1. The first kappa shape index (κ1) is 15.3. The van der Waals surface area contributed by atoms with Crippen molar-refractivity contribution in [2.45, 2.75) is 20.5 Å². The van der Waals surface area contributed by atoms with Crippen LogP contribution < -0.4 is 5.32 Å². The summed E-state index contributed by atoms with van der Waals surface area (Å²) in [5.41, 5.74) is 4.42. The van der Waals surface area contributed by atoms with Crippen molar-refractivity contribution in [1.82, 2.24) is 0 Å². The Hall–Kier alpha value is -2.59. The lowest BCUT2D eigenvalue weighted by Crippen LogP contribution is -2.14. The number of ether oxygens (including phenoxy) is 1. The van der Waals surface area contributed by atoms with Gasteiger partial charge in [-0.15, -0.1) is 0 Å². The highest BCUT2D eigenvalue weighted by molar-refractivity contribution is 6.06. The molecule has 1 N–H and O–H groups in total. The zero-order valence-corrected chi connectivity index (χ0v) is 13.5. The van der Waals surface area contributed by atoms with Crippen LogP contribution in [0.1, 0.15) is 27.2 Å². The monoisotopic (exact) mass is 309 g/mol. The molecule has 0 unspecified atom stereocenters. The fraction of sp³-hybridized carbons (Fsp3) is 0.211. The summed E-state index contributed by atoms with van der Waals surface area (Å²) in [6.07, 6.45) is 0. The second-order valence-corrected chi connectivity index (χ2v) is 5.54. The lowest BCUT2D eigenvalue weighted by Gasteiger charge is -2.10. The van der Waals surface area contributed by atoms with Crippen LogP contribution in [0.25, 0.3) is 11.0 Å². The minimum Gasteiger partial charge on any atom is -0.451 e. The van der Waals surface area contributed by atoms with Gasteiger partial charge in [0, 0.05) is 23.7 Å². The van der Waals surface area contributed by atoms with Gasteiger partial charge < -0.3 is 14.5 Å². The zero-order valence-electron chi connectivity index (χ0n) is 13.5. The summed E-state index contributed by atoms with van der Waals surface area (Å²) in [7, 11) is 1.61. The van der Waals surface area contributed by atoms with E-state index in [1.807, 2.05) is 56.3 Å². The van der Waals surface area contributed by atoms with Gasteiger partial charge in [0.25, 0.3) is 5.91 Å². The number of para-hydroxylation sites is 1. The molecule has 0 aliphatic rings. The molecule has 3 aromatic rings. The van der Waals surface area contributed by atoms with E-state index in [1.165, 1.54) is 0 Å². The summed E-state index contributed by atoms with van der Waals surface area (Å²) in [5.74, 6) is 0.0379. The molecule has 2 aromatic carbocycles. The van der Waals surface area contributed by atoms with Crippen molar-refractivity contribution in [3.8, 4) is 0 Å². The topological polar surface area (TPSA) is 51.5 Å². The highest BCUT2D eigenvalue weighted by Gasteiger charge is 2.21. The van der Waals surface area contributed by atoms with Gasteiger partial charge in [0.1, 0.15) is 5.58 Å². The van der Waals surface area contributed by atoms with E-state index in [2.05, 4.69) is 5.32 Å². The largest absolute Gasteiger partial charge is 0.451 e. The molecular weight excluding hydrogens is 290 g/mol. The standard InChI is InChI=1S/C19H19NO3/c1-12-7-6-9-16(13(12)2)20-19(21)18-15(11-22-3)14-8-4-5-10-17(14)23-18/h4-10H,11H2,1-3H3,(H,20,21). The van der Waals surface area contributed by atoms with E-state index in [0.29, 0.717) is 18.0 Å². The van der Waals surface area contributed by atoms with Crippen molar-refractivity contribution >= 4 is 22.6 Å². The summed E-state index contributed by atoms with van der Waals surface area (Å²) in [4.78, 5) is 12.7. The predicted molar refractivity (Wildman–Crippen MR) is 90.8 cm³/mol. The Labute approximate surface area is 135 Å². The molecule has 4 nitrogen and oxygen atoms in total. The van der Waals surface area contributed by atoms with Crippen molar-refractivity contribution in [1.29, 1.82) is 0 Å². The third kappa shape index (κ3) is 2.85. The number of amides is 1. The molecule has 0 saturated carbocycles. The van der Waals surface area contributed by atoms with Crippen LogP contribution in [-0.2, 0) is 11.3 Å². The fourth-order valence-electron chi connectivity index (χ4n) is 2.64. The fourth-order valence-corrected chi connectivity index (χ4v) is 2.64. The summed E-state index contributed by atoms with van der Waals surface area (Å²) >= 11 is 0. The molecule has 1 aromatic heterocycles. The molecule has 118 valence electrons. The Kier molecular flexibility index (Phi) is 4.17. The van der Waals surface area contributed by atoms with E-state index in [1.54, 1.807) is 7.11 Å². The highest BCUT2D eigenvalue weighted by Crippen LogP contribution is 2.28. The van der Waals surface area contributed by atoms with Gasteiger partial charge in [0.2, 0.25) is 0 Å². The van der Waals surface area contributed by atoms with Crippen LogP contribution in [0.15, 0.2) is 46.9 Å². The van der Waals surface area contributed by atoms with Gasteiger partial charge in [0.05, 0.1) is 6.61 Å². The van der Waals surface area contributed by atoms with E-state index in [9.17, 15) is 4.79 Å². The third-order valence-corrected chi connectivity index (χ3v) is 4.05. The van der Waals surface area contributed by atoms with Crippen LogP contribution in [-0.4, -0.2) is 13.0 Å². The number of rotatable bonds is 4. The van der Waals surface area contributed by atoms with Crippen molar-refractivity contribution in [2.24, 2.45) is 0 Å². The van der Waals surface area contributed by atoms with Gasteiger partial charge >= 0.3 is 0 Å². The van der Waals surface area contributed by atoms with Gasteiger partial charge in [-0.05, 0) is 37.1 Å². The number of anilines is 1. The number of carbonyl (C=O) groups is 1. The van der Waals surface area contributed by atoms with Gasteiger partial charge in [-0.25, -0.2) is 0 Å². The van der Waals surface area contributed by atoms with Crippen LogP contribution in [0.2, 0.25) is 0 Å². The molecule has 0 aliphatic carbocycles. The molecule has 0 aliphatic heterocycles. The molecule has 0 spiro atoms. The molecule has 0 radical (unpaired) electrons. The van der Waals surface area contributed by atoms with Gasteiger partial charge in [-0.1, -0.05) is 30.3 Å². The number of hydrogen-bond acceptors (Lipinski definition) is 3. The SMILES string of the molecule is COCc1c(C(=O)Nc2cccc(C)c2C)oc2ccccc12. The number of hydrogen-bond donors (Lipinski definition) is 1. The van der Waals surface area contributed by atoms with E-state index in [0.717, 1.165) is 27.8 Å². The average Bonchev–Trinajstić information content (AvgIpc) is 2.91. The van der Waals surface area contributed by atoms with Crippen LogP contribution in [0.4, 0.5) is 5.69 Å². The highest BCUT2D eigenvalue weighted by atomic mass is 16.5. The molecule has 0 fully saturated rings. The van der Waals surface area contributed by atoms with Crippen molar-refractivity contribution in [3.05, 3.63) is 64.9 Å². The van der Waals surface area contributed by atoms with Crippen LogP contribution in [0, 0.1) is 13.8 Å². The Morgan fingerprint density at radius 3 is 2.70 bits per heavy atom. The second-order valence-electron chi connectivity index (χ2n) is 5.54. The van der Waals surface area contributed by atoms with E-state index < -0.39 is 0 Å². The van der Waals surface area contributed by atoms with Gasteiger partial charge in [0.15, 0.2) is 5.76 Å². The number of nitrogens with one attached hydrogen (secondary N) is 1. The second kappa shape index (κ2) is 6.26. The van der Waals surface area contributed by atoms with Crippen LogP contribution >= 0.6 is 0 Å². The molecule has 3 rings (SSSR count). The Morgan fingerprint density at radius 1 is 1.13 bits per heavy atom. The van der Waals surface area contributed by atoms with Gasteiger partial charge in [-0.2, -0.15) is 0 Å². The first-order chi connectivity index (χ1) is 11.1. The van der Waals surface area contributed by atoms with Crippen molar-refractivity contribution < 1.29 is 13.9 Å². The molecule has 23 heavy (non-hydrogen) atoms. The van der Waals surface area contributed by atoms with Crippen molar-refractivity contribution in [2.75, 3.05) is 12.4 Å². The first-order valence-corrected chi connectivity index (χ1v) is 7.48. The Bertz CT molecular complexity index is 864.